The molecule has 0 radical (unpaired) electrons. The molecular weight excluding hydrogens is 354 g/mol. The summed E-state index contributed by atoms with van der Waals surface area (Å²) in [5.41, 5.74) is 3.84. The number of hydrogen-bond acceptors (Lipinski definition) is 1. The molecule has 0 N–H and O–H groups in total. The number of aryl methyl sites for hydroxylation is 1. The van der Waals surface area contributed by atoms with Crippen molar-refractivity contribution in [3.05, 3.63) is 63.9 Å². The zero-order valence-electron chi connectivity index (χ0n) is 10.4. The fourth-order valence-corrected chi connectivity index (χ4v) is 2.89. The van der Waals surface area contributed by atoms with Crippen LogP contribution in [0.3, 0.4) is 0 Å². The first-order chi connectivity index (χ1) is 8.59. The topological polar surface area (TPSA) is 12.9 Å². The van der Waals surface area contributed by atoms with Gasteiger partial charge in [0, 0.05) is 21.7 Å². The summed E-state index contributed by atoms with van der Waals surface area (Å²) >= 11 is 7.39. The predicted molar refractivity (Wildman–Crippen MR) is 83.2 cm³/mol. The van der Waals surface area contributed by atoms with E-state index in [1.54, 1.807) is 0 Å². The molecule has 0 saturated heterocycles. The molecule has 0 spiro atoms. The smallest absolute Gasteiger partial charge is 0.0461 e. The molecule has 0 aliphatic rings. The Morgan fingerprint density at radius 3 is 2.33 bits per heavy atom. The molecule has 2 atom stereocenters. The Labute approximate surface area is 125 Å². The minimum atomic E-state index is 0.303. The van der Waals surface area contributed by atoms with Crippen molar-refractivity contribution in [2.75, 3.05) is 0 Å². The minimum absolute atomic E-state index is 0.303. The normalized spacial score (nSPS) is 14.2. The lowest BCUT2D eigenvalue weighted by molar-refractivity contribution is 0.749. The Bertz CT molecular complexity index is 525. The second-order valence-electron chi connectivity index (χ2n) is 4.48. The molecule has 0 aliphatic carbocycles. The van der Waals surface area contributed by atoms with Crippen molar-refractivity contribution in [2.45, 2.75) is 24.6 Å². The fraction of sp³-hybridized carbons (Fsp3) is 0.267. The lowest BCUT2D eigenvalue weighted by atomic mass is 9.94. The van der Waals surface area contributed by atoms with Gasteiger partial charge in [-0.15, -0.1) is 0 Å². The van der Waals surface area contributed by atoms with Crippen LogP contribution in [0.1, 0.15) is 34.4 Å². The highest BCUT2D eigenvalue weighted by molar-refractivity contribution is 9.10. The summed E-state index contributed by atoms with van der Waals surface area (Å²) in [7, 11) is 0. The molecule has 1 aromatic heterocycles. The van der Waals surface area contributed by atoms with Crippen LogP contribution in [0, 0.1) is 6.92 Å². The maximum atomic E-state index is 4.06. The van der Waals surface area contributed by atoms with E-state index in [9.17, 15) is 0 Å². The maximum Gasteiger partial charge on any atom is 0.0461 e. The highest BCUT2D eigenvalue weighted by Gasteiger charge is 2.18. The van der Waals surface area contributed by atoms with Gasteiger partial charge in [-0.3, -0.25) is 4.98 Å². The van der Waals surface area contributed by atoms with E-state index in [0.717, 1.165) is 4.47 Å². The molecule has 1 aromatic carbocycles. The van der Waals surface area contributed by atoms with Crippen molar-refractivity contribution in [1.29, 1.82) is 0 Å². The van der Waals surface area contributed by atoms with E-state index in [4.69, 9.17) is 0 Å². The van der Waals surface area contributed by atoms with E-state index in [-0.39, 0.29) is 0 Å². The van der Waals surface area contributed by atoms with Crippen molar-refractivity contribution in [3.63, 3.8) is 0 Å². The SMILES string of the molecule is Cc1ccc(C(Br)C(C)c2ccncc2)cc1Br. The second-order valence-corrected chi connectivity index (χ2v) is 6.32. The quantitative estimate of drug-likeness (QED) is 0.661. The lowest BCUT2D eigenvalue weighted by Crippen LogP contribution is -2.02. The van der Waals surface area contributed by atoms with Gasteiger partial charge in [-0.25, -0.2) is 0 Å². The number of alkyl halides is 1. The largest absolute Gasteiger partial charge is 0.265 e. The Morgan fingerprint density at radius 1 is 1.06 bits per heavy atom. The summed E-state index contributed by atoms with van der Waals surface area (Å²) in [6.45, 7) is 4.33. The van der Waals surface area contributed by atoms with Crippen LogP contribution in [0.25, 0.3) is 0 Å². The number of hydrogen-bond donors (Lipinski definition) is 0. The van der Waals surface area contributed by atoms with Crippen LogP contribution < -0.4 is 0 Å². The van der Waals surface area contributed by atoms with Crippen LogP contribution in [0.15, 0.2) is 47.2 Å². The number of benzene rings is 1. The van der Waals surface area contributed by atoms with E-state index in [0.29, 0.717) is 10.7 Å². The first kappa shape index (κ1) is 13.8. The first-order valence-corrected chi connectivity index (χ1v) is 7.60. The fourth-order valence-electron chi connectivity index (χ4n) is 1.91. The summed E-state index contributed by atoms with van der Waals surface area (Å²) in [5.74, 6) is 0.405. The van der Waals surface area contributed by atoms with Gasteiger partial charge in [0.05, 0.1) is 0 Å². The highest BCUT2D eigenvalue weighted by Crippen LogP contribution is 2.38. The van der Waals surface area contributed by atoms with Gasteiger partial charge in [-0.1, -0.05) is 50.9 Å². The van der Waals surface area contributed by atoms with Gasteiger partial charge in [-0.05, 0) is 47.7 Å². The zero-order chi connectivity index (χ0) is 13.1. The maximum absolute atomic E-state index is 4.06. The summed E-state index contributed by atoms with van der Waals surface area (Å²) in [6, 6.07) is 10.7. The van der Waals surface area contributed by atoms with Gasteiger partial charge in [0.15, 0.2) is 0 Å². The number of aromatic nitrogens is 1. The van der Waals surface area contributed by atoms with Crippen LogP contribution >= 0.6 is 31.9 Å². The second kappa shape index (κ2) is 5.98. The van der Waals surface area contributed by atoms with Crippen molar-refractivity contribution in [2.24, 2.45) is 0 Å². The van der Waals surface area contributed by atoms with Crippen LogP contribution in [0.5, 0.6) is 0 Å². The van der Waals surface area contributed by atoms with Gasteiger partial charge in [0.25, 0.3) is 0 Å². The molecular formula is C15H15Br2N. The molecule has 0 amide bonds. The minimum Gasteiger partial charge on any atom is -0.265 e. The summed E-state index contributed by atoms with van der Waals surface area (Å²) in [4.78, 5) is 4.37. The average molecular weight is 369 g/mol. The van der Waals surface area contributed by atoms with Gasteiger partial charge < -0.3 is 0 Å². The third-order valence-corrected chi connectivity index (χ3v) is 5.36. The van der Waals surface area contributed by atoms with Gasteiger partial charge in [0.1, 0.15) is 0 Å². The monoisotopic (exact) mass is 367 g/mol. The molecule has 1 heterocycles. The zero-order valence-corrected chi connectivity index (χ0v) is 13.6. The molecule has 2 unspecified atom stereocenters. The Morgan fingerprint density at radius 2 is 1.72 bits per heavy atom. The van der Waals surface area contributed by atoms with Crippen molar-refractivity contribution >= 4 is 31.9 Å². The number of pyridine rings is 1. The molecule has 2 rings (SSSR count). The molecule has 0 fully saturated rings. The van der Waals surface area contributed by atoms with E-state index < -0.39 is 0 Å². The third-order valence-electron chi connectivity index (χ3n) is 3.19. The van der Waals surface area contributed by atoms with E-state index in [2.05, 4.69) is 81.0 Å². The predicted octanol–water partition coefficient (Wildman–Crippen LogP) is 5.39. The Hall–Kier alpha value is -0.670. The average Bonchev–Trinajstić information content (AvgIpc) is 2.41. The van der Waals surface area contributed by atoms with Crippen LogP contribution in [-0.2, 0) is 0 Å². The molecule has 18 heavy (non-hydrogen) atoms. The van der Waals surface area contributed by atoms with Gasteiger partial charge in [-0.2, -0.15) is 0 Å². The van der Waals surface area contributed by atoms with Crippen LogP contribution in [0.2, 0.25) is 0 Å². The molecule has 0 aliphatic heterocycles. The number of rotatable bonds is 3. The summed E-state index contributed by atoms with van der Waals surface area (Å²) in [6.07, 6.45) is 3.69. The molecule has 94 valence electrons. The molecule has 2 aromatic rings. The standard InChI is InChI=1S/C15H15Br2N/c1-10-3-4-13(9-14(10)16)15(17)11(2)12-5-7-18-8-6-12/h3-9,11,15H,1-2H3. The number of halogens is 2. The Kier molecular flexibility index (Phi) is 4.57. The highest BCUT2D eigenvalue weighted by atomic mass is 79.9. The van der Waals surface area contributed by atoms with E-state index >= 15 is 0 Å². The van der Waals surface area contributed by atoms with Crippen LogP contribution in [-0.4, -0.2) is 4.98 Å². The van der Waals surface area contributed by atoms with E-state index in [1.807, 2.05) is 12.4 Å². The summed E-state index contributed by atoms with van der Waals surface area (Å²) < 4.78 is 1.16. The lowest BCUT2D eigenvalue weighted by Gasteiger charge is -2.19. The van der Waals surface area contributed by atoms with Crippen molar-refractivity contribution in [3.8, 4) is 0 Å². The third kappa shape index (κ3) is 3.01. The van der Waals surface area contributed by atoms with Crippen LogP contribution in [0.4, 0.5) is 0 Å². The van der Waals surface area contributed by atoms with Crippen molar-refractivity contribution < 1.29 is 0 Å². The Balaban J connectivity index is 2.25. The molecule has 0 bridgehead atoms. The van der Waals surface area contributed by atoms with Crippen molar-refractivity contribution in [1.82, 2.24) is 4.98 Å². The molecule has 0 saturated carbocycles. The molecule has 3 heteroatoms. The first-order valence-electron chi connectivity index (χ1n) is 5.89. The summed E-state index contributed by atoms with van der Waals surface area (Å²) in [5, 5.41) is 0. The number of nitrogens with zero attached hydrogens (tertiary/aromatic N) is 1. The van der Waals surface area contributed by atoms with E-state index in [1.165, 1.54) is 16.7 Å². The van der Waals surface area contributed by atoms with Gasteiger partial charge >= 0.3 is 0 Å². The van der Waals surface area contributed by atoms with Gasteiger partial charge in [0.2, 0.25) is 0 Å². The molecule has 1 nitrogen and oxygen atoms in total.